The maximum atomic E-state index is 6.12. The molecule has 0 radical (unpaired) electrons. The number of piperidine rings is 2. The van der Waals surface area contributed by atoms with Gasteiger partial charge in [-0.3, -0.25) is 0 Å². The number of nitrogens with zero attached hydrogens (tertiary/aromatic N) is 3. The topological polar surface area (TPSA) is 50.3 Å². The third-order valence-electron chi connectivity index (χ3n) is 4.36. The molecule has 2 saturated heterocycles. The number of nitrogens with one attached hydrogen (secondary N) is 1. The summed E-state index contributed by atoms with van der Waals surface area (Å²) in [6.07, 6.45) is 8.68. The Bertz CT molecular complexity index is 428. The van der Waals surface area contributed by atoms with Crippen molar-refractivity contribution in [3.05, 3.63) is 16.9 Å². The summed E-state index contributed by atoms with van der Waals surface area (Å²) in [6.45, 7) is 5.19. The van der Waals surface area contributed by atoms with E-state index >= 15 is 0 Å². The van der Waals surface area contributed by atoms with Gasteiger partial charge in [0.15, 0.2) is 0 Å². The fourth-order valence-electron chi connectivity index (χ4n) is 3.01. The Morgan fingerprint density at radius 3 is 2.48 bits per heavy atom. The molecule has 2 fully saturated rings. The van der Waals surface area contributed by atoms with Crippen LogP contribution in [-0.4, -0.2) is 48.9 Å². The maximum Gasteiger partial charge on any atom is 0.225 e. The first kappa shape index (κ1) is 15.2. The van der Waals surface area contributed by atoms with Gasteiger partial charge in [-0.15, -0.1) is 0 Å². The van der Waals surface area contributed by atoms with E-state index in [1.807, 2.05) is 12.4 Å². The molecule has 1 aromatic heterocycles. The summed E-state index contributed by atoms with van der Waals surface area (Å²) in [5, 5.41) is 3.40. The third kappa shape index (κ3) is 4.37. The van der Waals surface area contributed by atoms with E-state index in [2.05, 4.69) is 36.1 Å². The Balaban J connectivity index is 1.41. The second kappa shape index (κ2) is 7.51. The molecule has 116 valence electrons. The number of aromatic nitrogens is 2. The first-order valence-electron chi connectivity index (χ1n) is 7.86. The number of rotatable bonds is 4. The van der Waals surface area contributed by atoms with Crippen LogP contribution in [0.4, 0.5) is 5.95 Å². The summed E-state index contributed by atoms with van der Waals surface area (Å²) in [4.78, 5) is 11.0. The molecule has 0 unspecified atom stereocenters. The van der Waals surface area contributed by atoms with Crippen molar-refractivity contribution < 1.29 is 4.74 Å². The van der Waals surface area contributed by atoms with Gasteiger partial charge in [-0.1, -0.05) is 0 Å². The minimum Gasteiger partial charge on any atom is -0.378 e. The zero-order valence-electron chi connectivity index (χ0n) is 12.3. The molecule has 21 heavy (non-hydrogen) atoms. The Labute approximate surface area is 134 Å². The summed E-state index contributed by atoms with van der Waals surface area (Å²) >= 11 is 3.37. The van der Waals surface area contributed by atoms with Crippen LogP contribution >= 0.6 is 15.9 Å². The van der Waals surface area contributed by atoms with Crippen LogP contribution in [-0.2, 0) is 4.74 Å². The van der Waals surface area contributed by atoms with E-state index < -0.39 is 0 Å². The summed E-state index contributed by atoms with van der Waals surface area (Å²) in [5.41, 5.74) is 0. The fourth-order valence-corrected chi connectivity index (χ4v) is 3.22. The van der Waals surface area contributed by atoms with E-state index in [1.54, 1.807) is 0 Å². The second-order valence-electron chi connectivity index (χ2n) is 5.91. The van der Waals surface area contributed by atoms with Crippen molar-refractivity contribution in [2.45, 2.75) is 31.8 Å². The van der Waals surface area contributed by atoms with Gasteiger partial charge in [-0.2, -0.15) is 0 Å². The lowest BCUT2D eigenvalue weighted by atomic mass is 9.99. The zero-order valence-corrected chi connectivity index (χ0v) is 13.9. The fraction of sp³-hybridized carbons (Fsp3) is 0.733. The molecule has 0 spiro atoms. The van der Waals surface area contributed by atoms with E-state index in [0.717, 1.165) is 62.0 Å². The van der Waals surface area contributed by atoms with E-state index in [1.165, 1.54) is 12.8 Å². The van der Waals surface area contributed by atoms with Gasteiger partial charge in [0.05, 0.1) is 10.6 Å². The number of halogens is 1. The third-order valence-corrected chi connectivity index (χ3v) is 4.77. The van der Waals surface area contributed by atoms with Crippen molar-refractivity contribution in [1.82, 2.24) is 15.3 Å². The lowest BCUT2D eigenvalue weighted by Crippen LogP contribution is -2.39. The summed E-state index contributed by atoms with van der Waals surface area (Å²) in [7, 11) is 0. The molecular weight excluding hydrogens is 332 g/mol. The predicted molar refractivity (Wildman–Crippen MR) is 86.5 cm³/mol. The highest BCUT2D eigenvalue weighted by Gasteiger charge is 2.23. The van der Waals surface area contributed by atoms with Gasteiger partial charge >= 0.3 is 0 Å². The predicted octanol–water partition coefficient (Wildman–Crippen LogP) is 2.22. The van der Waals surface area contributed by atoms with Crippen LogP contribution in [0.5, 0.6) is 0 Å². The van der Waals surface area contributed by atoms with Crippen LogP contribution < -0.4 is 10.2 Å². The Morgan fingerprint density at radius 1 is 1.14 bits per heavy atom. The highest BCUT2D eigenvalue weighted by atomic mass is 79.9. The normalized spacial score (nSPS) is 21.7. The molecule has 1 N–H and O–H groups in total. The molecule has 0 amide bonds. The average molecular weight is 355 g/mol. The van der Waals surface area contributed by atoms with Crippen molar-refractivity contribution in [3.63, 3.8) is 0 Å². The summed E-state index contributed by atoms with van der Waals surface area (Å²) in [6, 6.07) is 0. The van der Waals surface area contributed by atoms with Gasteiger partial charge in [0.1, 0.15) is 0 Å². The van der Waals surface area contributed by atoms with Crippen LogP contribution in [0, 0.1) is 5.92 Å². The van der Waals surface area contributed by atoms with E-state index in [9.17, 15) is 0 Å². The molecule has 6 heteroatoms. The number of hydrogen-bond donors (Lipinski definition) is 1. The largest absolute Gasteiger partial charge is 0.378 e. The lowest BCUT2D eigenvalue weighted by molar-refractivity contribution is 0.00934. The smallest absolute Gasteiger partial charge is 0.225 e. The summed E-state index contributed by atoms with van der Waals surface area (Å²) in [5.74, 6) is 1.58. The molecule has 2 aliphatic heterocycles. The molecule has 3 rings (SSSR count). The van der Waals surface area contributed by atoms with Gasteiger partial charge in [0.25, 0.3) is 0 Å². The molecule has 3 heterocycles. The molecule has 0 saturated carbocycles. The van der Waals surface area contributed by atoms with Crippen LogP contribution in [0.2, 0.25) is 0 Å². The number of hydrogen-bond acceptors (Lipinski definition) is 5. The van der Waals surface area contributed by atoms with E-state index in [0.29, 0.717) is 6.10 Å². The van der Waals surface area contributed by atoms with Crippen LogP contribution in [0.15, 0.2) is 16.9 Å². The SMILES string of the molecule is Brc1cnc(N2CCC(OCC3CCNCC3)CC2)nc1. The number of ether oxygens (including phenoxy) is 1. The molecule has 2 aliphatic rings. The van der Waals surface area contributed by atoms with Gasteiger partial charge in [-0.25, -0.2) is 9.97 Å². The van der Waals surface area contributed by atoms with E-state index in [-0.39, 0.29) is 0 Å². The van der Waals surface area contributed by atoms with Crippen molar-refractivity contribution in [3.8, 4) is 0 Å². The minimum atomic E-state index is 0.409. The first-order valence-corrected chi connectivity index (χ1v) is 8.65. The van der Waals surface area contributed by atoms with Gasteiger partial charge in [-0.05, 0) is 60.6 Å². The Kier molecular flexibility index (Phi) is 5.43. The zero-order chi connectivity index (χ0) is 14.5. The van der Waals surface area contributed by atoms with Crippen molar-refractivity contribution in [1.29, 1.82) is 0 Å². The molecule has 1 aromatic rings. The van der Waals surface area contributed by atoms with E-state index in [4.69, 9.17) is 4.74 Å². The molecular formula is C15H23BrN4O. The minimum absolute atomic E-state index is 0.409. The quantitative estimate of drug-likeness (QED) is 0.898. The molecule has 0 aliphatic carbocycles. The highest BCUT2D eigenvalue weighted by molar-refractivity contribution is 9.10. The van der Waals surface area contributed by atoms with Crippen molar-refractivity contribution >= 4 is 21.9 Å². The molecule has 5 nitrogen and oxygen atoms in total. The Morgan fingerprint density at radius 2 is 1.81 bits per heavy atom. The van der Waals surface area contributed by atoms with Crippen LogP contribution in [0.3, 0.4) is 0 Å². The molecule has 0 aromatic carbocycles. The van der Waals surface area contributed by atoms with Crippen molar-refractivity contribution in [2.24, 2.45) is 5.92 Å². The Hall–Kier alpha value is -0.720. The standard InChI is InChI=1S/C15H23BrN4O/c16-13-9-18-15(19-10-13)20-7-3-14(4-8-20)21-11-12-1-5-17-6-2-12/h9-10,12,14,17H,1-8,11H2. The van der Waals surface area contributed by atoms with Crippen LogP contribution in [0.1, 0.15) is 25.7 Å². The second-order valence-corrected chi connectivity index (χ2v) is 6.83. The van der Waals surface area contributed by atoms with Gasteiger partial charge < -0.3 is 15.0 Å². The lowest BCUT2D eigenvalue weighted by Gasteiger charge is -2.33. The first-order chi connectivity index (χ1) is 10.3. The monoisotopic (exact) mass is 354 g/mol. The van der Waals surface area contributed by atoms with Crippen LogP contribution in [0.25, 0.3) is 0 Å². The summed E-state index contributed by atoms with van der Waals surface area (Å²) < 4.78 is 7.05. The number of anilines is 1. The van der Waals surface area contributed by atoms with Gasteiger partial charge in [0.2, 0.25) is 5.95 Å². The highest BCUT2D eigenvalue weighted by Crippen LogP contribution is 2.20. The van der Waals surface area contributed by atoms with Crippen molar-refractivity contribution in [2.75, 3.05) is 37.7 Å². The molecule has 0 atom stereocenters. The molecule has 0 bridgehead atoms. The average Bonchev–Trinajstić information content (AvgIpc) is 2.55. The van der Waals surface area contributed by atoms with Gasteiger partial charge in [0, 0.05) is 32.1 Å². The maximum absolute atomic E-state index is 6.12.